The van der Waals surface area contributed by atoms with E-state index in [-0.39, 0.29) is 5.16 Å². The predicted octanol–water partition coefficient (Wildman–Crippen LogP) is 6.07. The molecule has 0 spiro atoms. The number of hydrogen-bond donors (Lipinski definition) is 0. The van der Waals surface area contributed by atoms with Gasteiger partial charge in [0.25, 0.3) is 0 Å². The lowest BCUT2D eigenvalue weighted by molar-refractivity contribution is 0.322. The van der Waals surface area contributed by atoms with Gasteiger partial charge in [-0.05, 0) is 31.2 Å². The molecule has 1 nitrogen and oxygen atoms in total. The molecular weight excluding hydrogens is 311 g/mol. The summed E-state index contributed by atoms with van der Waals surface area (Å²) in [5.74, 6) is 0.451. The highest BCUT2D eigenvalue weighted by Crippen LogP contribution is 2.78. The fraction of sp³-hybridized carbons (Fsp3) is 0.364. The predicted molar refractivity (Wildman–Crippen MR) is 103 cm³/mol. The van der Waals surface area contributed by atoms with E-state index in [0.717, 1.165) is 22.6 Å². The van der Waals surface area contributed by atoms with Gasteiger partial charge in [0.05, 0.1) is 0 Å². The van der Waals surface area contributed by atoms with E-state index in [4.69, 9.17) is 0 Å². The largest absolute Gasteiger partial charge is 0.313 e. The molecule has 3 atom stereocenters. The normalized spacial score (nSPS) is 32.7. The van der Waals surface area contributed by atoms with Crippen LogP contribution in [0.1, 0.15) is 45.1 Å². The molecule has 1 fully saturated rings. The van der Waals surface area contributed by atoms with Crippen molar-refractivity contribution in [3.05, 3.63) is 71.8 Å². The van der Waals surface area contributed by atoms with E-state index in [1.54, 1.807) is 0 Å². The van der Waals surface area contributed by atoms with Gasteiger partial charge in [0.15, 0.2) is 0 Å². The maximum Gasteiger partial charge on any atom is 0.149 e. The second-order valence-corrected chi connectivity index (χ2v) is 10.7. The van der Waals surface area contributed by atoms with E-state index < -0.39 is 7.14 Å². The Balaban J connectivity index is 2.01. The minimum absolute atomic E-state index is 0.123. The summed E-state index contributed by atoms with van der Waals surface area (Å²) in [6.07, 6.45) is 4.70. The Kier molecular flexibility index (Phi) is 3.81. The fourth-order valence-corrected chi connectivity index (χ4v) is 9.46. The van der Waals surface area contributed by atoms with Crippen molar-refractivity contribution in [2.24, 2.45) is 5.92 Å². The van der Waals surface area contributed by atoms with Crippen LogP contribution in [0.2, 0.25) is 0 Å². The molecule has 1 aliphatic heterocycles. The van der Waals surface area contributed by atoms with Crippen LogP contribution in [-0.2, 0) is 4.57 Å². The molecule has 0 radical (unpaired) electrons. The number of allylic oxidation sites excluding steroid dienone is 1. The molecule has 2 heteroatoms. The molecule has 1 aliphatic carbocycles. The van der Waals surface area contributed by atoms with Crippen molar-refractivity contribution >= 4 is 17.8 Å². The van der Waals surface area contributed by atoms with Crippen LogP contribution >= 0.6 is 7.14 Å². The first-order chi connectivity index (χ1) is 11.6. The highest BCUT2D eigenvalue weighted by atomic mass is 31.2. The molecule has 2 aromatic carbocycles. The monoisotopic (exact) mass is 336 g/mol. The quantitative estimate of drug-likeness (QED) is 0.608. The molecule has 0 saturated heterocycles. The summed E-state index contributed by atoms with van der Waals surface area (Å²) in [5, 5.41) is 2.06. The molecule has 0 amide bonds. The van der Waals surface area contributed by atoms with Crippen molar-refractivity contribution < 1.29 is 4.57 Å². The molecule has 3 unspecified atom stereocenters. The molecule has 24 heavy (non-hydrogen) atoms. The highest BCUT2D eigenvalue weighted by Gasteiger charge is 2.59. The molecule has 0 N–H and O–H groups in total. The van der Waals surface area contributed by atoms with Crippen molar-refractivity contribution in [3.8, 4) is 0 Å². The average molecular weight is 336 g/mol. The smallest absolute Gasteiger partial charge is 0.149 e. The van der Waals surface area contributed by atoms with Gasteiger partial charge < -0.3 is 4.57 Å². The van der Waals surface area contributed by atoms with Gasteiger partial charge in [-0.25, -0.2) is 0 Å². The lowest BCUT2D eigenvalue weighted by atomic mass is 9.76. The second kappa shape index (κ2) is 5.74. The Morgan fingerprint density at radius 3 is 2.25 bits per heavy atom. The van der Waals surface area contributed by atoms with Crippen molar-refractivity contribution in [3.63, 3.8) is 0 Å². The van der Waals surface area contributed by atoms with Gasteiger partial charge in [-0.3, -0.25) is 0 Å². The van der Waals surface area contributed by atoms with Gasteiger partial charge >= 0.3 is 0 Å². The third-order valence-electron chi connectivity index (χ3n) is 6.27. The Bertz CT molecular complexity index is 822. The number of rotatable bonds is 2. The second-order valence-electron chi connectivity index (χ2n) is 7.50. The van der Waals surface area contributed by atoms with E-state index in [2.05, 4.69) is 50.2 Å². The van der Waals surface area contributed by atoms with Crippen LogP contribution < -0.4 is 5.30 Å². The van der Waals surface area contributed by atoms with E-state index in [9.17, 15) is 4.57 Å². The Morgan fingerprint density at radius 1 is 0.958 bits per heavy atom. The molecular formula is C22H25OP. The zero-order valence-electron chi connectivity index (χ0n) is 14.5. The van der Waals surface area contributed by atoms with Crippen LogP contribution in [-0.4, -0.2) is 5.16 Å². The molecule has 0 aromatic heterocycles. The van der Waals surface area contributed by atoms with Gasteiger partial charge in [-0.1, -0.05) is 86.0 Å². The van der Waals surface area contributed by atoms with Crippen molar-refractivity contribution in [1.82, 2.24) is 0 Å². The summed E-state index contributed by atoms with van der Waals surface area (Å²) in [6.45, 7) is 4.53. The molecule has 1 saturated carbocycles. The standard InChI is InChI=1S/C22H25OP/c1-17-20-15-9-10-16-22(20,2)24(23,19-13-7-4-8-14-19)21(17)18-11-5-3-6-12-18/h3-8,11-14,20H,9-10,15-16H2,1-2H3. The topological polar surface area (TPSA) is 17.1 Å². The minimum Gasteiger partial charge on any atom is -0.313 e. The maximum absolute atomic E-state index is 14.8. The van der Waals surface area contributed by atoms with Gasteiger partial charge in [-0.2, -0.15) is 0 Å². The van der Waals surface area contributed by atoms with E-state index >= 15 is 0 Å². The number of fused-ring (bicyclic) bond motifs is 1. The van der Waals surface area contributed by atoms with Gasteiger partial charge in [0.1, 0.15) is 7.14 Å². The SMILES string of the molecule is CC1=C(c2ccccc2)P(=O)(c2ccccc2)C2(C)CCCCC12. The first-order valence-corrected chi connectivity index (χ1v) is 10.7. The zero-order valence-corrected chi connectivity index (χ0v) is 15.4. The van der Waals surface area contributed by atoms with Crippen LogP contribution in [0.4, 0.5) is 0 Å². The lowest BCUT2D eigenvalue weighted by Crippen LogP contribution is -2.37. The average Bonchev–Trinajstić information content (AvgIpc) is 2.81. The molecule has 0 bridgehead atoms. The van der Waals surface area contributed by atoms with Crippen LogP contribution in [0, 0.1) is 5.92 Å². The summed E-state index contributed by atoms with van der Waals surface area (Å²) < 4.78 is 14.8. The molecule has 4 rings (SSSR count). The fourth-order valence-electron chi connectivity index (χ4n) is 5.11. The first-order valence-electron chi connectivity index (χ1n) is 9.01. The van der Waals surface area contributed by atoms with Crippen molar-refractivity contribution in [1.29, 1.82) is 0 Å². The maximum atomic E-state index is 14.8. The molecule has 124 valence electrons. The highest BCUT2D eigenvalue weighted by molar-refractivity contribution is 7.83. The molecule has 1 heterocycles. The summed E-state index contributed by atoms with van der Waals surface area (Å²) in [5.41, 5.74) is 2.52. The molecule has 2 aliphatic rings. The lowest BCUT2D eigenvalue weighted by Gasteiger charge is -2.42. The number of benzene rings is 2. The van der Waals surface area contributed by atoms with Crippen LogP contribution in [0.25, 0.3) is 5.31 Å². The van der Waals surface area contributed by atoms with Gasteiger partial charge in [0, 0.05) is 15.8 Å². The number of hydrogen-bond acceptors (Lipinski definition) is 1. The first kappa shape index (κ1) is 15.9. The third kappa shape index (κ3) is 2.04. The zero-order chi connectivity index (χ0) is 16.8. The molecule has 2 aromatic rings. The van der Waals surface area contributed by atoms with Crippen molar-refractivity contribution in [2.45, 2.75) is 44.7 Å². The Morgan fingerprint density at radius 2 is 1.58 bits per heavy atom. The Hall–Kier alpha value is -1.59. The van der Waals surface area contributed by atoms with E-state index in [1.165, 1.54) is 24.8 Å². The summed E-state index contributed by atoms with van der Waals surface area (Å²) >= 11 is 0. The van der Waals surface area contributed by atoms with E-state index in [0.29, 0.717) is 5.92 Å². The third-order valence-corrected chi connectivity index (χ3v) is 10.5. The van der Waals surface area contributed by atoms with E-state index in [1.807, 2.05) is 24.3 Å². The Labute approximate surface area is 145 Å². The van der Waals surface area contributed by atoms with Gasteiger partial charge in [0.2, 0.25) is 0 Å². The summed E-state index contributed by atoms with van der Waals surface area (Å²) in [4.78, 5) is 0. The van der Waals surface area contributed by atoms with Crippen molar-refractivity contribution in [2.75, 3.05) is 0 Å². The van der Waals surface area contributed by atoms with Crippen LogP contribution in [0.3, 0.4) is 0 Å². The van der Waals surface area contributed by atoms with Gasteiger partial charge in [-0.15, -0.1) is 0 Å². The van der Waals surface area contributed by atoms with Crippen LogP contribution in [0.15, 0.2) is 66.2 Å². The summed E-state index contributed by atoms with van der Waals surface area (Å²) in [7, 11) is -2.67. The minimum atomic E-state index is -2.67. The summed E-state index contributed by atoms with van der Waals surface area (Å²) in [6, 6.07) is 20.7. The van der Waals surface area contributed by atoms with Crippen LogP contribution in [0.5, 0.6) is 0 Å².